The molecule has 0 aliphatic heterocycles. The van der Waals surface area contributed by atoms with Crippen LogP contribution in [-0.4, -0.2) is 30.4 Å². The van der Waals surface area contributed by atoms with Crippen LogP contribution in [0.4, 0.5) is 5.69 Å². The van der Waals surface area contributed by atoms with E-state index in [1.807, 2.05) is 39.1 Å². The van der Waals surface area contributed by atoms with Gasteiger partial charge in [-0.25, -0.2) is 0 Å². The maximum Gasteiger partial charge on any atom is 0.238 e. The largest absolute Gasteiger partial charge is 0.324 e. The fourth-order valence-corrected chi connectivity index (χ4v) is 1.88. The molecule has 1 atom stereocenters. The van der Waals surface area contributed by atoms with E-state index in [2.05, 4.69) is 24.1 Å². The predicted molar refractivity (Wildman–Crippen MR) is 76.9 cm³/mol. The van der Waals surface area contributed by atoms with Crippen LogP contribution in [0.15, 0.2) is 18.2 Å². The number of aryl methyl sites for hydroxylation is 2. The van der Waals surface area contributed by atoms with Gasteiger partial charge in [-0.15, -0.1) is 0 Å². The number of amides is 1. The van der Waals surface area contributed by atoms with Crippen molar-refractivity contribution in [3.63, 3.8) is 0 Å². The Morgan fingerprint density at radius 1 is 1.33 bits per heavy atom. The van der Waals surface area contributed by atoms with Crippen molar-refractivity contribution < 1.29 is 4.79 Å². The quantitative estimate of drug-likeness (QED) is 0.869. The van der Waals surface area contributed by atoms with Gasteiger partial charge in [0.15, 0.2) is 0 Å². The fourth-order valence-electron chi connectivity index (χ4n) is 1.88. The minimum absolute atomic E-state index is 0.0511. The number of carbonyl (C=O) groups excluding carboxylic acids is 1. The summed E-state index contributed by atoms with van der Waals surface area (Å²) in [7, 11) is 1.98. The smallest absolute Gasteiger partial charge is 0.238 e. The molecular formula is C15H24N2O. The lowest BCUT2D eigenvalue weighted by Gasteiger charge is -2.23. The number of likely N-dealkylation sites (N-methyl/N-ethyl adjacent to an activating group) is 1. The van der Waals surface area contributed by atoms with Crippen LogP contribution in [0.3, 0.4) is 0 Å². The summed E-state index contributed by atoms with van der Waals surface area (Å²) in [6, 6.07) is 6.46. The van der Waals surface area contributed by atoms with E-state index in [0.717, 1.165) is 23.2 Å². The number of carbonyl (C=O) groups is 1. The van der Waals surface area contributed by atoms with Crippen molar-refractivity contribution in [2.45, 2.75) is 40.2 Å². The Kier molecular flexibility index (Phi) is 5.35. The third-order valence-electron chi connectivity index (χ3n) is 3.48. The number of rotatable bonds is 5. The van der Waals surface area contributed by atoms with E-state index in [4.69, 9.17) is 0 Å². The molecule has 0 heterocycles. The first-order valence-electron chi connectivity index (χ1n) is 6.52. The molecule has 0 spiro atoms. The molecule has 3 heteroatoms. The van der Waals surface area contributed by atoms with Crippen molar-refractivity contribution >= 4 is 11.6 Å². The molecule has 0 aliphatic rings. The fraction of sp³-hybridized carbons (Fsp3) is 0.533. The molecule has 0 aromatic heterocycles. The highest BCUT2D eigenvalue weighted by molar-refractivity contribution is 5.93. The zero-order valence-corrected chi connectivity index (χ0v) is 12.1. The van der Waals surface area contributed by atoms with E-state index in [9.17, 15) is 4.79 Å². The van der Waals surface area contributed by atoms with Crippen molar-refractivity contribution in [3.05, 3.63) is 29.3 Å². The molecule has 1 rings (SSSR count). The van der Waals surface area contributed by atoms with E-state index >= 15 is 0 Å². The first-order valence-corrected chi connectivity index (χ1v) is 6.52. The molecule has 0 unspecified atom stereocenters. The zero-order chi connectivity index (χ0) is 13.7. The maximum atomic E-state index is 12.0. The summed E-state index contributed by atoms with van der Waals surface area (Å²) in [6.07, 6.45) is 1.05. The lowest BCUT2D eigenvalue weighted by molar-refractivity contribution is -0.117. The summed E-state index contributed by atoms with van der Waals surface area (Å²) in [5.41, 5.74) is 3.16. The highest BCUT2D eigenvalue weighted by Crippen LogP contribution is 2.19. The van der Waals surface area contributed by atoms with Crippen LogP contribution in [0.2, 0.25) is 0 Å². The second-order valence-corrected chi connectivity index (χ2v) is 4.99. The van der Waals surface area contributed by atoms with Crippen molar-refractivity contribution in [3.8, 4) is 0 Å². The van der Waals surface area contributed by atoms with Crippen LogP contribution in [0.25, 0.3) is 0 Å². The molecule has 1 N–H and O–H groups in total. The minimum atomic E-state index is 0.0511. The summed E-state index contributed by atoms with van der Waals surface area (Å²) in [6.45, 7) is 8.72. The van der Waals surface area contributed by atoms with E-state index in [-0.39, 0.29) is 5.91 Å². The molecule has 1 aromatic rings. The number of hydrogen-bond donors (Lipinski definition) is 1. The second kappa shape index (κ2) is 6.55. The number of anilines is 1. The van der Waals surface area contributed by atoms with Gasteiger partial charge in [-0.3, -0.25) is 9.69 Å². The van der Waals surface area contributed by atoms with Crippen LogP contribution < -0.4 is 5.32 Å². The summed E-state index contributed by atoms with van der Waals surface area (Å²) in [4.78, 5) is 14.1. The van der Waals surface area contributed by atoms with Gasteiger partial charge < -0.3 is 5.32 Å². The number of nitrogens with zero attached hydrogens (tertiary/aromatic N) is 1. The average Bonchev–Trinajstić information content (AvgIpc) is 2.32. The third kappa shape index (κ3) is 3.84. The second-order valence-electron chi connectivity index (χ2n) is 4.99. The SMILES string of the molecule is CC[C@H](C)N(C)CC(=O)Nc1c(C)cccc1C. The Hall–Kier alpha value is -1.35. The standard InChI is InChI=1S/C15H24N2O/c1-6-13(4)17(5)10-14(18)16-15-11(2)8-7-9-12(15)3/h7-9,13H,6,10H2,1-5H3,(H,16,18)/t13-/m0/s1. The van der Waals surface area contributed by atoms with Crippen LogP contribution in [0.5, 0.6) is 0 Å². The monoisotopic (exact) mass is 248 g/mol. The van der Waals surface area contributed by atoms with Crippen molar-refractivity contribution in [1.82, 2.24) is 4.90 Å². The van der Waals surface area contributed by atoms with Gasteiger partial charge in [-0.1, -0.05) is 25.1 Å². The Morgan fingerprint density at radius 3 is 2.39 bits per heavy atom. The molecule has 1 aromatic carbocycles. The van der Waals surface area contributed by atoms with Gasteiger partial charge in [0.05, 0.1) is 6.54 Å². The van der Waals surface area contributed by atoms with Gasteiger partial charge in [-0.2, -0.15) is 0 Å². The number of benzene rings is 1. The number of hydrogen-bond acceptors (Lipinski definition) is 2. The molecule has 18 heavy (non-hydrogen) atoms. The van der Waals surface area contributed by atoms with E-state index in [1.54, 1.807) is 0 Å². The number of para-hydroxylation sites is 1. The molecule has 0 fully saturated rings. The molecule has 100 valence electrons. The van der Waals surface area contributed by atoms with Crippen LogP contribution in [0.1, 0.15) is 31.4 Å². The van der Waals surface area contributed by atoms with Crippen molar-refractivity contribution in [2.75, 3.05) is 18.9 Å². The van der Waals surface area contributed by atoms with E-state index in [0.29, 0.717) is 12.6 Å². The first kappa shape index (κ1) is 14.7. The topological polar surface area (TPSA) is 32.3 Å². The van der Waals surface area contributed by atoms with E-state index < -0.39 is 0 Å². The molecule has 0 bridgehead atoms. The van der Waals surface area contributed by atoms with Crippen LogP contribution >= 0.6 is 0 Å². The van der Waals surface area contributed by atoms with Gasteiger partial charge in [0.2, 0.25) is 5.91 Å². The normalized spacial score (nSPS) is 12.6. The number of nitrogens with one attached hydrogen (secondary N) is 1. The van der Waals surface area contributed by atoms with Crippen molar-refractivity contribution in [2.24, 2.45) is 0 Å². The highest BCUT2D eigenvalue weighted by Gasteiger charge is 2.13. The summed E-state index contributed by atoms with van der Waals surface area (Å²) < 4.78 is 0. The third-order valence-corrected chi connectivity index (χ3v) is 3.48. The maximum absolute atomic E-state index is 12.0. The summed E-state index contributed by atoms with van der Waals surface area (Å²) in [5, 5.41) is 3.01. The first-order chi connectivity index (χ1) is 8.45. The molecule has 3 nitrogen and oxygen atoms in total. The van der Waals surface area contributed by atoms with Crippen LogP contribution in [-0.2, 0) is 4.79 Å². The van der Waals surface area contributed by atoms with E-state index in [1.165, 1.54) is 0 Å². The predicted octanol–water partition coefficient (Wildman–Crippen LogP) is 2.97. The molecule has 0 saturated carbocycles. The molecule has 0 radical (unpaired) electrons. The zero-order valence-electron chi connectivity index (χ0n) is 12.1. The van der Waals surface area contributed by atoms with Crippen LogP contribution in [0, 0.1) is 13.8 Å². The Morgan fingerprint density at radius 2 is 1.89 bits per heavy atom. The van der Waals surface area contributed by atoms with Gasteiger partial charge in [0.1, 0.15) is 0 Å². The summed E-state index contributed by atoms with van der Waals surface area (Å²) in [5.74, 6) is 0.0511. The molecular weight excluding hydrogens is 224 g/mol. The summed E-state index contributed by atoms with van der Waals surface area (Å²) >= 11 is 0. The Bertz CT molecular complexity index is 395. The van der Waals surface area contributed by atoms with Gasteiger partial charge in [0, 0.05) is 11.7 Å². The molecule has 0 aliphatic carbocycles. The minimum Gasteiger partial charge on any atom is -0.324 e. The molecule has 0 saturated heterocycles. The Balaban J connectivity index is 2.65. The lowest BCUT2D eigenvalue weighted by atomic mass is 10.1. The van der Waals surface area contributed by atoms with Gasteiger partial charge in [-0.05, 0) is 45.4 Å². The lowest BCUT2D eigenvalue weighted by Crippen LogP contribution is -2.36. The average molecular weight is 248 g/mol. The Labute approximate surface area is 110 Å². The van der Waals surface area contributed by atoms with Crippen molar-refractivity contribution in [1.29, 1.82) is 0 Å². The molecule has 1 amide bonds. The van der Waals surface area contributed by atoms with Gasteiger partial charge in [0.25, 0.3) is 0 Å². The van der Waals surface area contributed by atoms with Gasteiger partial charge >= 0.3 is 0 Å². The highest BCUT2D eigenvalue weighted by atomic mass is 16.2.